The summed E-state index contributed by atoms with van der Waals surface area (Å²) < 4.78 is 20.2. The highest BCUT2D eigenvalue weighted by molar-refractivity contribution is 6.12. The number of hydrogen-bond acceptors (Lipinski definition) is 5. The molecule has 3 heterocycles. The van der Waals surface area contributed by atoms with Gasteiger partial charge in [0, 0.05) is 18.2 Å². The Labute approximate surface area is 167 Å². The molecule has 1 aromatic carbocycles. The predicted octanol–water partition coefficient (Wildman–Crippen LogP) is 3.87. The summed E-state index contributed by atoms with van der Waals surface area (Å²) >= 11 is 0. The average molecular weight is 403 g/mol. The number of aromatic nitrogens is 2. The molecule has 2 aliphatic rings. The van der Waals surface area contributed by atoms with Crippen molar-refractivity contribution in [3.63, 3.8) is 0 Å². The molecule has 6 nitrogen and oxygen atoms in total. The van der Waals surface area contributed by atoms with Gasteiger partial charge in [-0.3, -0.25) is 4.79 Å². The number of nitrogens with zero attached hydrogens (tertiary/aromatic N) is 2. The number of carbonyl (C=O) groups excluding carboxylic acids is 1. The van der Waals surface area contributed by atoms with Crippen molar-refractivity contribution < 1.29 is 13.7 Å². The van der Waals surface area contributed by atoms with E-state index in [4.69, 9.17) is 4.52 Å². The van der Waals surface area contributed by atoms with Gasteiger partial charge in [0.25, 0.3) is 11.6 Å². The molecule has 0 radical (unpaired) electrons. The van der Waals surface area contributed by atoms with Crippen molar-refractivity contribution >= 4 is 35.1 Å². The number of hydrogen-bond donors (Lipinski definition) is 2. The molecule has 0 bridgehead atoms. The fourth-order valence-corrected chi connectivity index (χ4v) is 3.70. The lowest BCUT2D eigenvalue weighted by Crippen LogP contribution is -2.25. The maximum absolute atomic E-state index is 14.9. The van der Waals surface area contributed by atoms with Crippen LogP contribution in [0.15, 0.2) is 22.7 Å². The molecular weight excluding hydrogens is 383 g/mol. The molecule has 8 heteroatoms. The van der Waals surface area contributed by atoms with E-state index in [1.165, 1.54) is 0 Å². The number of benzene rings is 1. The second-order valence-electron chi connectivity index (χ2n) is 7.26. The molecule has 5 rings (SSSR count). The minimum absolute atomic E-state index is 0. The van der Waals surface area contributed by atoms with Crippen LogP contribution in [0, 0.1) is 12.7 Å². The molecule has 0 unspecified atom stereocenters. The number of nitrogens with one attached hydrogen (secondary N) is 2. The lowest BCUT2D eigenvalue weighted by Gasteiger charge is -2.19. The molecule has 146 valence electrons. The highest BCUT2D eigenvalue weighted by Crippen LogP contribution is 2.40. The third-order valence-corrected chi connectivity index (χ3v) is 5.33. The van der Waals surface area contributed by atoms with E-state index in [1.54, 1.807) is 19.1 Å². The first-order valence-electron chi connectivity index (χ1n) is 9.21. The molecule has 0 spiro atoms. The zero-order valence-electron chi connectivity index (χ0n) is 15.3. The summed E-state index contributed by atoms with van der Waals surface area (Å²) in [4.78, 5) is 17.5. The summed E-state index contributed by atoms with van der Waals surface area (Å²) in [6.45, 7) is 3.15. The maximum atomic E-state index is 14.9. The number of fused-ring (bicyclic) bond motifs is 2. The quantitative estimate of drug-likeness (QED) is 0.695. The van der Waals surface area contributed by atoms with Crippen LogP contribution in [0.4, 0.5) is 10.1 Å². The van der Waals surface area contributed by atoms with Crippen LogP contribution in [0.5, 0.6) is 0 Å². The van der Waals surface area contributed by atoms with Gasteiger partial charge in [-0.25, -0.2) is 9.37 Å². The maximum Gasteiger partial charge on any atom is 0.259 e. The van der Waals surface area contributed by atoms with Crippen LogP contribution in [-0.4, -0.2) is 22.6 Å². The summed E-state index contributed by atoms with van der Waals surface area (Å²) in [5.41, 5.74) is 4.04. The molecular formula is C20H20ClFN4O2. The minimum Gasteiger partial charge on any atom is -0.336 e. The first-order valence-corrected chi connectivity index (χ1v) is 9.21. The van der Waals surface area contributed by atoms with Gasteiger partial charge in [0.2, 0.25) is 0 Å². The van der Waals surface area contributed by atoms with Crippen molar-refractivity contribution in [2.45, 2.75) is 38.6 Å². The Morgan fingerprint density at radius 2 is 2.18 bits per heavy atom. The molecule has 2 N–H and O–H groups in total. The first kappa shape index (κ1) is 18.8. The smallest absolute Gasteiger partial charge is 0.259 e. The van der Waals surface area contributed by atoms with Crippen LogP contribution in [0.25, 0.3) is 11.1 Å². The first-order chi connectivity index (χ1) is 13.1. The van der Waals surface area contributed by atoms with Gasteiger partial charge in [0.15, 0.2) is 0 Å². The Kier molecular flexibility index (Phi) is 4.81. The zero-order valence-corrected chi connectivity index (χ0v) is 16.2. The third kappa shape index (κ3) is 3.14. The van der Waals surface area contributed by atoms with Crippen molar-refractivity contribution in [2.75, 3.05) is 11.9 Å². The van der Waals surface area contributed by atoms with Gasteiger partial charge >= 0.3 is 0 Å². The van der Waals surface area contributed by atoms with Gasteiger partial charge < -0.3 is 15.2 Å². The fraction of sp³-hybridized carbons (Fsp3) is 0.350. The van der Waals surface area contributed by atoms with E-state index in [9.17, 15) is 9.18 Å². The molecule has 1 amide bonds. The number of halogens is 2. The second-order valence-corrected chi connectivity index (χ2v) is 7.26. The molecule has 0 atom stereocenters. The standard InChI is InChI=1S/C20H19FN4O2.ClH/c1-10-17-14(8-16(11-2-3-11)24-20(17)27-25-10)19(26)23-15-5-4-12-9-22-7-6-13(12)18(15)21;/h4-5,8,11,22H,2-3,6-7,9H2,1H3,(H,23,26);1H. The fourth-order valence-electron chi connectivity index (χ4n) is 3.70. The van der Waals surface area contributed by atoms with E-state index < -0.39 is 0 Å². The van der Waals surface area contributed by atoms with Crippen LogP contribution < -0.4 is 10.6 Å². The number of amides is 1. The Morgan fingerprint density at radius 1 is 1.36 bits per heavy atom. The van der Waals surface area contributed by atoms with Gasteiger partial charge in [-0.1, -0.05) is 11.2 Å². The third-order valence-electron chi connectivity index (χ3n) is 5.33. The Hall–Kier alpha value is -2.51. The zero-order chi connectivity index (χ0) is 18.5. The van der Waals surface area contributed by atoms with Crippen LogP contribution in [0.3, 0.4) is 0 Å². The Bertz CT molecular complexity index is 1080. The monoisotopic (exact) mass is 402 g/mol. The van der Waals surface area contributed by atoms with E-state index in [2.05, 4.69) is 20.8 Å². The molecule has 1 fully saturated rings. The molecule has 1 aliphatic heterocycles. The lowest BCUT2D eigenvalue weighted by molar-refractivity contribution is 0.102. The van der Waals surface area contributed by atoms with E-state index in [0.717, 1.165) is 30.6 Å². The number of carbonyl (C=O) groups is 1. The minimum atomic E-state index is -0.372. The number of aryl methyl sites for hydroxylation is 1. The number of rotatable bonds is 3. The van der Waals surface area contributed by atoms with Gasteiger partial charge in [0.1, 0.15) is 5.82 Å². The van der Waals surface area contributed by atoms with E-state index in [1.807, 2.05) is 6.07 Å². The summed E-state index contributed by atoms with van der Waals surface area (Å²) in [5.74, 6) is -0.361. The molecule has 3 aromatic rings. The van der Waals surface area contributed by atoms with Gasteiger partial charge in [-0.15, -0.1) is 12.4 Å². The second kappa shape index (κ2) is 7.14. The van der Waals surface area contributed by atoms with Crippen LogP contribution in [0.2, 0.25) is 0 Å². The predicted molar refractivity (Wildman–Crippen MR) is 106 cm³/mol. The van der Waals surface area contributed by atoms with Crippen LogP contribution in [0.1, 0.15) is 51.6 Å². The normalized spacial score (nSPS) is 15.8. The van der Waals surface area contributed by atoms with Crippen molar-refractivity contribution in [3.8, 4) is 0 Å². The van der Waals surface area contributed by atoms with E-state index in [-0.39, 0.29) is 29.8 Å². The molecule has 0 saturated heterocycles. The molecule has 1 aliphatic carbocycles. The highest BCUT2D eigenvalue weighted by atomic mass is 35.5. The van der Waals surface area contributed by atoms with Crippen LogP contribution >= 0.6 is 12.4 Å². The van der Waals surface area contributed by atoms with Gasteiger partial charge in [-0.2, -0.15) is 0 Å². The average Bonchev–Trinajstić information content (AvgIpc) is 3.47. The Morgan fingerprint density at radius 3 is 2.96 bits per heavy atom. The van der Waals surface area contributed by atoms with Crippen molar-refractivity contribution in [3.05, 3.63) is 52.1 Å². The largest absolute Gasteiger partial charge is 0.336 e. The summed E-state index contributed by atoms with van der Waals surface area (Å²) in [7, 11) is 0. The van der Waals surface area contributed by atoms with Crippen molar-refractivity contribution in [2.24, 2.45) is 0 Å². The van der Waals surface area contributed by atoms with Crippen molar-refractivity contribution in [1.29, 1.82) is 0 Å². The summed E-state index contributed by atoms with van der Waals surface area (Å²) in [5, 5.41) is 10.5. The van der Waals surface area contributed by atoms with Crippen molar-refractivity contribution in [1.82, 2.24) is 15.5 Å². The summed E-state index contributed by atoms with van der Waals surface area (Å²) in [6.07, 6.45) is 2.72. The van der Waals surface area contributed by atoms with Gasteiger partial charge in [0.05, 0.1) is 22.3 Å². The number of pyridine rings is 1. The molecule has 1 saturated carbocycles. The lowest BCUT2D eigenvalue weighted by atomic mass is 9.99. The SMILES string of the molecule is Cc1noc2nc(C3CC3)cc(C(=O)Nc3ccc4c(c3F)CCNC4)c12.Cl. The van der Waals surface area contributed by atoms with Gasteiger partial charge in [-0.05, 0) is 56.0 Å². The molecule has 2 aromatic heterocycles. The highest BCUT2D eigenvalue weighted by Gasteiger charge is 2.29. The van der Waals surface area contributed by atoms with Crippen LogP contribution in [-0.2, 0) is 13.0 Å². The van der Waals surface area contributed by atoms with E-state index >= 15 is 0 Å². The summed E-state index contributed by atoms with van der Waals surface area (Å²) in [6, 6.07) is 5.28. The topological polar surface area (TPSA) is 80.0 Å². The number of anilines is 1. The van der Waals surface area contributed by atoms with E-state index in [0.29, 0.717) is 46.8 Å². The molecule has 28 heavy (non-hydrogen) atoms. The Balaban J connectivity index is 0.00000192.